The lowest BCUT2D eigenvalue weighted by atomic mass is 9.98. The number of nitrogens with zero attached hydrogens (tertiary/aromatic N) is 1. The fraction of sp³-hybridized carbons (Fsp3) is 0.300. The Labute approximate surface area is 189 Å². The average Bonchev–Trinajstić information content (AvgIpc) is 3.15. The minimum Gasteiger partial charge on any atom is -0.437 e. The van der Waals surface area contributed by atoms with Gasteiger partial charge in [0.1, 0.15) is 17.8 Å². The minimum atomic E-state index is -5.08. The maximum absolute atomic E-state index is 13.3. The van der Waals surface area contributed by atoms with Gasteiger partial charge in [-0.2, -0.15) is 34.6 Å². The molecule has 0 aliphatic heterocycles. The van der Waals surface area contributed by atoms with Crippen LogP contribution in [0.1, 0.15) is 18.9 Å². The van der Waals surface area contributed by atoms with Crippen LogP contribution in [0.4, 0.5) is 32.4 Å². The third-order valence-electron chi connectivity index (χ3n) is 4.34. The van der Waals surface area contributed by atoms with Crippen molar-refractivity contribution in [3.63, 3.8) is 0 Å². The van der Waals surface area contributed by atoms with Gasteiger partial charge in [0.05, 0.1) is 15.7 Å². The fourth-order valence-corrected chi connectivity index (χ4v) is 3.73. The van der Waals surface area contributed by atoms with E-state index in [0.717, 1.165) is 22.3 Å². The molecule has 172 valence electrons. The van der Waals surface area contributed by atoms with Crippen LogP contribution in [0.2, 0.25) is 0 Å². The molecule has 0 saturated carbocycles. The van der Waals surface area contributed by atoms with E-state index in [-0.39, 0.29) is 11.4 Å². The van der Waals surface area contributed by atoms with Crippen LogP contribution in [0.25, 0.3) is 10.2 Å². The van der Waals surface area contributed by atoms with E-state index in [9.17, 15) is 26.7 Å². The summed E-state index contributed by atoms with van der Waals surface area (Å²) in [5.41, 5.74) is 2.31. The number of alkyl halides is 5. The number of anilines is 1. The summed E-state index contributed by atoms with van der Waals surface area (Å²) in [5.74, 6) is -0.317. The average molecular weight is 492 g/mol. The summed E-state index contributed by atoms with van der Waals surface area (Å²) in [6, 6.07) is 9.84. The molecule has 0 spiro atoms. The van der Waals surface area contributed by atoms with Crippen LogP contribution < -0.4 is 10.1 Å². The molecule has 3 rings (SSSR count). The van der Waals surface area contributed by atoms with Crippen molar-refractivity contribution >= 4 is 46.0 Å². The molecule has 32 heavy (non-hydrogen) atoms. The molecule has 5 nitrogen and oxygen atoms in total. The van der Waals surface area contributed by atoms with Gasteiger partial charge in [-0.15, -0.1) is 11.3 Å². The molecule has 2 aromatic carbocycles. The zero-order valence-electron chi connectivity index (χ0n) is 16.5. The van der Waals surface area contributed by atoms with Crippen LogP contribution in [0.3, 0.4) is 0 Å². The van der Waals surface area contributed by atoms with Crippen LogP contribution in [0.5, 0.6) is 5.75 Å². The predicted octanol–water partition coefficient (Wildman–Crippen LogP) is 6.61. The van der Waals surface area contributed by atoms with Crippen molar-refractivity contribution in [2.75, 3.05) is 11.1 Å². The number of hydrogen-bond acceptors (Lipinski definition) is 6. The van der Waals surface area contributed by atoms with E-state index in [1.54, 1.807) is 24.6 Å². The van der Waals surface area contributed by atoms with Gasteiger partial charge in [-0.05, 0) is 48.9 Å². The van der Waals surface area contributed by atoms with Gasteiger partial charge < -0.3 is 9.47 Å². The van der Waals surface area contributed by atoms with Crippen LogP contribution in [-0.2, 0) is 10.3 Å². The van der Waals surface area contributed by atoms with Crippen molar-refractivity contribution in [2.45, 2.75) is 31.2 Å². The number of benzene rings is 2. The Hall–Kier alpha value is -2.60. The van der Waals surface area contributed by atoms with Crippen LogP contribution in [-0.4, -0.2) is 29.1 Å². The van der Waals surface area contributed by atoms with E-state index in [4.69, 9.17) is 4.74 Å². The summed E-state index contributed by atoms with van der Waals surface area (Å²) >= 11 is 5.73. The third kappa shape index (κ3) is 6.22. The molecule has 1 unspecified atom stereocenters. The molecule has 1 amide bonds. The lowest BCUT2D eigenvalue weighted by Gasteiger charge is -2.28. The summed E-state index contributed by atoms with van der Waals surface area (Å²) in [7, 11) is 0. The molecule has 1 N–H and O–H groups in total. The zero-order chi connectivity index (χ0) is 23.6. The number of carbonyl (C=O) groups is 1. The number of fused-ring (bicyclic) bond motifs is 1. The van der Waals surface area contributed by atoms with Crippen molar-refractivity contribution < 1.29 is 36.2 Å². The van der Waals surface area contributed by atoms with Gasteiger partial charge in [-0.3, -0.25) is 5.32 Å². The largest absolute Gasteiger partial charge is 0.437 e. The van der Waals surface area contributed by atoms with E-state index in [2.05, 4.69) is 27.7 Å². The number of amides is 1. The highest BCUT2D eigenvalue weighted by Gasteiger charge is 2.45. The van der Waals surface area contributed by atoms with E-state index in [1.165, 1.54) is 23.5 Å². The smallest absolute Gasteiger partial charge is 0.412 e. The van der Waals surface area contributed by atoms with Gasteiger partial charge in [0.15, 0.2) is 0 Å². The second-order valence-electron chi connectivity index (χ2n) is 6.99. The Morgan fingerprint density at radius 2 is 1.81 bits per heavy atom. The minimum absolute atomic E-state index is 0.168. The Bertz CT molecular complexity index is 1090. The number of rotatable bonds is 7. The van der Waals surface area contributed by atoms with Gasteiger partial charge in [-0.25, -0.2) is 9.78 Å². The first kappa shape index (κ1) is 24.1. The molecular weight excluding hydrogens is 475 g/mol. The molecule has 1 atom stereocenters. The lowest BCUT2D eigenvalue weighted by Crippen LogP contribution is -2.33. The maximum Gasteiger partial charge on any atom is 0.412 e. The molecular formula is C20H17F5N2O3S2. The highest BCUT2D eigenvalue weighted by atomic mass is 32.1. The molecule has 1 heterocycles. The van der Waals surface area contributed by atoms with Crippen LogP contribution >= 0.6 is 24.0 Å². The number of hydrogen-bond donors (Lipinski definition) is 2. The molecule has 3 aromatic rings. The van der Waals surface area contributed by atoms with Crippen molar-refractivity contribution in [3.8, 4) is 5.75 Å². The Balaban J connectivity index is 1.64. The maximum atomic E-state index is 13.3. The highest BCUT2D eigenvalue weighted by molar-refractivity contribution is 7.80. The summed E-state index contributed by atoms with van der Waals surface area (Å²) < 4.78 is 73.8. The third-order valence-corrected chi connectivity index (χ3v) is 5.73. The first-order valence-electron chi connectivity index (χ1n) is 9.07. The molecule has 0 aliphatic carbocycles. The molecule has 12 heteroatoms. The van der Waals surface area contributed by atoms with E-state index < -0.39 is 36.1 Å². The topological polar surface area (TPSA) is 60.5 Å². The Kier molecular flexibility index (Phi) is 6.84. The zero-order valence-corrected chi connectivity index (χ0v) is 18.2. The van der Waals surface area contributed by atoms with Gasteiger partial charge in [0, 0.05) is 11.4 Å². The second-order valence-corrected chi connectivity index (χ2v) is 8.20. The summed E-state index contributed by atoms with van der Waals surface area (Å²) in [6.45, 7) is 1.68. The number of halogens is 5. The van der Waals surface area contributed by atoms with Crippen LogP contribution in [0, 0.1) is 0 Å². The number of aromatic nitrogens is 1. The lowest BCUT2D eigenvalue weighted by molar-refractivity contribution is -0.255. The SMILES string of the molecule is CC(CS)(OC(=O)Nc1ccc(OC(F)(F)CC(F)(F)F)cc1)c1ccc2ncsc2c1. The summed E-state index contributed by atoms with van der Waals surface area (Å²) in [5, 5.41) is 2.43. The molecule has 0 radical (unpaired) electrons. The van der Waals surface area contributed by atoms with Crippen LogP contribution in [0.15, 0.2) is 48.0 Å². The van der Waals surface area contributed by atoms with Crippen molar-refractivity contribution in [1.29, 1.82) is 0 Å². The van der Waals surface area contributed by atoms with Gasteiger partial charge in [0.25, 0.3) is 0 Å². The Morgan fingerprint density at radius 3 is 2.44 bits per heavy atom. The standard InChI is InChI=1S/C20H17F5N2O3S2/c1-18(10-31,12-2-7-15-16(8-12)32-11-26-15)30-17(28)27-13-3-5-14(6-4-13)29-20(24,25)9-19(21,22)23/h2-8,11,31H,9-10H2,1H3,(H,27,28). The normalized spacial score (nSPS) is 14.1. The Morgan fingerprint density at radius 1 is 1.12 bits per heavy atom. The highest BCUT2D eigenvalue weighted by Crippen LogP contribution is 2.34. The molecule has 0 bridgehead atoms. The fourth-order valence-electron chi connectivity index (χ4n) is 2.76. The van der Waals surface area contributed by atoms with E-state index in [1.807, 2.05) is 6.07 Å². The van der Waals surface area contributed by atoms with Crippen molar-refractivity contribution in [3.05, 3.63) is 53.5 Å². The molecule has 0 aliphatic rings. The predicted molar refractivity (Wildman–Crippen MR) is 114 cm³/mol. The monoisotopic (exact) mass is 492 g/mol. The number of thiol groups is 1. The second kappa shape index (κ2) is 9.10. The van der Waals surface area contributed by atoms with Crippen molar-refractivity contribution in [1.82, 2.24) is 4.98 Å². The number of ether oxygens (including phenoxy) is 2. The number of nitrogens with one attached hydrogen (secondary N) is 1. The summed E-state index contributed by atoms with van der Waals surface area (Å²) in [6.07, 6.45) is -12.7. The van der Waals surface area contributed by atoms with Crippen molar-refractivity contribution in [2.24, 2.45) is 0 Å². The molecule has 0 fully saturated rings. The summed E-state index contributed by atoms with van der Waals surface area (Å²) in [4.78, 5) is 16.6. The molecule has 0 saturated heterocycles. The van der Waals surface area contributed by atoms with Gasteiger partial charge in [-0.1, -0.05) is 6.07 Å². The first-order chi connectivity index (χ1) is 14.9. The molecule has 1 aromatic heterocycles. The van der Waals surface area contributed by atoms with E-state index in [0.29, 0.717) is 5.56 Å². The van der Waals surface area contributed by atoms with Gasteiger partial charge >= 0.3 is 18.4 Å². The van der Waals surface area contributed by atoms with Gasteiger partial charge in [0.2, 0.25) is 0 Å². The van der Waals surface area contributed by atoms with E-state index >= 15 is 0 Å². The first-order valence-corrected chi connectivity index (χ1v) is 10.6. The number of carbonyl (C=O) groups excluding carboxylic acids is 1. The number of thiazole rings is 1. The quantitative estimate of drug-likeness (QED) is 0.288.